The second-order valence-corrected chi connectivity index (χ2v) is 4.97. The molecular weight excluding hydrogens is 202 g/mol. The molecule has 0 radical (unpaired) electrons. The Labute approximate surface area is 97.0 Å². The fraction of sp³-hybridized carbons (Fsp3) is 0.750. The predicted octanol–water partition coefficient (Wildman–Crippen LogP) is 1.39. The third-order valence-corrected chi connectivity index (χ3v) is 3.23. The summed E-state index contributed by atoms with van der Waals surface area (Å²) in [5.41, 5.74) is 2.42. The fourth-order valence-electron chi connectivity index (χ4n) is 2.21. The molecule has 90 valence electrons. The average molecular weight is 223 g/mol. The summed E-state index contributed by atoms with van der Waals surface area (Å²) >= 11 is 0. The molecule has 0 spiro atoms. The Morgan fingerprint density at radius 3 is 3.00 bits per heavy atom. The number of nitrogens with zero attached hydrogens (tertiary/aromatic N) is 2. The van der Waals surface area contributed by atoms with Crippen LogP contribution in [0, 0.1) is 6.92 Å². The van der Waals surface area contributed by atoms with Crippen LogP contribution in [0.25, 0.3) is 0 Å². The van der Waals surface area contributed by atoms with Crippen LogP contribution in [-0.4, -0.2) is 28.5 Å². The van der Waals surface area contributed by atoms with E-state index in [9.17, 15) is 0 Å². The third kappa shape index (κ3) is 2.62. The van der Waals surface area contributed by atoms with Crippen LogP contribution in [0.3, 0.4) is 0 Å². The highest BCUT2D eigenvalue weighted by Crippen LogP contribution is 2.18. The first-order valence-electron chi connectivity index (χ1n) is 5.91. The predicted molar refractivity (Wildman–Crippen MR) is 63.2 cm³/mol. The molecule has 1 fully saturated rings. The standard InChI is InChI=1S/C12H21N3O/c1-10-7-11(15(3)14-10)8-13-12(2)5-4-6-16-9-12/h7,13H,4-6,8-9H2,1-3H3. The van der Waals surface area contributed by atoms with Gasteiger partial charge < -0.3 is 10.1 Å². The summed E-state index contributed by atoms with van der Waals surface area (Å²) < 4.78 is 7.46. The van der Waals surface area contributed by atoms with Crippen LogP contribution in [0.1, 0.15) is 31.2 Å². The number of ether oxygens (including phenoxy) is 1. The second-order valence-electron chi connectivity index (χ2n) is 4.97. The van der Waals surface area contributed by atoms with Crippen molar-refractivity contribution in [3.05, 3.63) is 17.5 Å². The lowest BCUT2D eigenvalue weighted by atomic mass is 9.95. The van der Waals surface area contributed by atoms with E-state index in [2.05, 4.69) is 23.4 Å². The maximum absolute atomic E-state index is 5.52. The maximum Gasteiger partial charge on any atom is 0.0645 e. The van der Waals surface area contributed by atoms with Gasteiger partial charge in [0, 0.05) is 25.7 Å². The average Bonchev–Trinajstić information content (AvgIpc) is 2.56. The fourth-order valence-corrected chi connectivity index (χ4v) is 2.21. The quantitative estimate of drug-likeness (QED) is 0.841. The van der Waals surface area contributed by atoms with Crippen LogP contribution >= 0.6 is 0 Å². The van der Waals surface area contributed by atoms with Crippen molar-refractivity contribution in [2.24, 2.45) is 7.05 Å². The number of hydrogen-bond acceptors (Lipinski definition) is 3. The van der Waals surface area contributed by atoms with E-state index in [1.807, 2.05) is 18.7 Å². The van der Waals surface area contributed by atoms with Gasteiger partial charge in [-0.1, -0.05) is 0 Å². The first-order valence-corrected chi connectivity index (χ1v) is 5.91. The van der Waals surface area contributed by atoms with Crippen molar-refractivity contribution in [3.63, 3.8) is 0 Å². The Balaban J connectivity index is 1.93. The number of aromatic nitrogens is 2. The zero-order chi connectivity index (χ0) is 11.6. The zero-order valence-electron chi connectivity index (χ0n) is 10.4. The van der Waals surface area contributed by atoms with E-state index in [1.54, 1.807) is 0 Å². The maximum atomic E-state index is 5.52. The molecule has 1 saturated heterocycles. The number of nitrogens with one attached hydrogen (secondary N) is 1. The zero-order valence-corrected chi connectivity index (χ0v) is 10.4. The lowest BCUT2D eigenvalue weighted by Gasteiger charge is -2.34. The number of aryl methyl sites for hydroxylation is 2. The van der Waals surface area contributed by atoms with Gasteiger partial charge in [0.1, 0.15) is 0 Å². The van der Waals surface area contributed by atoms with Gasteiger partial charge in [0.05, 0.1) is 18.0 Å². The van der Waals surface area contributed by atoms with Gasteiger partial charge in [-0.2, -0.15) is 5.10 Å². The van der Waals surface area contributed by atoms with Gasteiger partial charge in [-0.05, 0) is 32.8 Å². The molecule has 0 amide bonds. The molecule has 1 aliphatic rings. The molecule has 0 aliphatic carbocycles. The molecule has 1 N–H and O–H groups in total. The van der Waals surface area contributed by atoms with Crippen LogP contribution in [0.5, 0.6) is 0 Å². The minimum atomic E-state index is 0.121. The molecule has 0 bridgehead atoms. The van der Waals surface area contributed by atoms with E-state index in [1.165, 1.54) is 12.1 Å². The summed E-state index contributed by atoms with van der Waals surface area (Å²) in [7, 11) is 1.99. The van der Waals surface area contributed by atoms with Crippen molar-refractivity contribution >= 4 is 0 Å². The van der Waals surface area contributed by atoms with E-state index >= 15 is 0 Å². The Morgan fingerprint density at radius 2 is 2.44 bits per heavy atom. The highest BCUT2D eigenvalue weighted by molar-refractivity contribution is 5.08. The molecule has 4 nitrogen and oxygen atoms in total. The molecule has 0 saturated carbocycles. The lowest BCUT2D eigenvalue weighted by molar-refractivity contribution is 0.0275. The first-order chi connectivity index (χ1) is 7.59. The largest absolute Gasteiger partial charge is 0.380 e. The van der Waals surface area contributed by atoms with Gasteiger partial charge in [-0.3, -0.25) is 4.68 Å². The van der Waals surface area contributed by atoms with Crippen LogP contribution in [0.2, 0.25) is 0 Å². The van der Waals surface area contributed by atoms with Crippen LogP contribution in [-0.2, 0) is 18.3 Å². The van der Waals surface area contributed by atoms with E-state index in [0.717, 1.165) is 31.9 Å². The van der Waals surface area contributed by atoms with Crippen molar-refractivity contribution in [3.8, 4) is 0 Å². The first kappa shape index (κ1) is 11.6. The Hall–Kier alpha value is -0.870. The number of hydrogen-bond donors (Lipinski definition) is 1. The lowest BCUT2D eigenvalue weighted by Crippen LogP contribution is -2.48. The van der Waals surface area contributed by atoms with Crippen molar-refractivity contribution in [1.29, 1.82) is 0 Å². The van der Waals surface area contributed by atoms with Crippen LogP contribution in [0.15, 0.2) is 6.07 Å². The second kappa shape index (κ2) is 4.55. The van der Waals surface area contributed by atoms with E-state index in [0.29, 0.717) is 0 Å². The summed E-state index contributed by atoms with van der Waals surface area (Å²) in [6.45, 7) is 6.83. The molecule has 4 heteroatoms. The van der Waals surface area contributed by atoms with Crippen LogP contribution in [0.4, 0.5) is 0 Å². The van der Waals surface area contributed by atoms with Crippen molar-refractivity contribution < 1.29 is 4.74 Å². The molecule has 1 aliphatic heterocycles. The summed E-state index contributed by atoms with van der Waals surface area (Å²) in [6.07, 6.45) is 2.33. The smallest absolute Gasteiger partial charge is 0.0645 e. The summed E-state index contributed by atoms with van der Waals surface area (Å²) in [6, 6.07) is 2.13. The van der Waals surface area contributed by atoms with Crippen molar-refractivity contribution in [2.75, 3.05) is 13.2 Å². The van der Waals surface area contributed by atoms with Crippen molar-refractivity contribution in [2.45, 2.75) is 38.8 Å². The van der Waals surface area contributed by atoms with Gasteiger partial charge in [-0.15, -0.1) is 0 Å². The highest BCUT2D eigenvalue weighted by Gasteiger charge is 2.26. The van der Waals surface area contributed by atoms with E-state index in [4.69, 9.17) is 4.74 Å². The topological polar surface area (TPSA) is 39.1 Å². The SMILES string of the molecule is Cc1cc(CNC2(C)CCCOC2)n(C)n1. The van der Waals surface area contributed by atoms with E-state index < -0.39 is 0 Å². The molecule has 2 rings (SSSR count). The summed E-state index contributed by atoms with van der Waals surface area (Å²) in [4.78, 5) is 0. The van der Waals surface area contributed by atoms with Gasteiger partial charge >= 0.3 is 0 Å². The molecule has 1 atom stereocenters. The van der Waals surface area contributed by atoms with Gasteiger partial charge in [0.15, 0.2) is 0 Å². The van der Waals surface area contributed by atoms with Crippen molar-refractivity contribution in [1.82, 2.24) is 15.1 Å². The molecule has 16 heavy (non-hydrogen) atoms. The number of rotatable bonds is 3. The monoisotopic (exact) mass is 223 g/mol. The minimum absolute atomic E-state index is 0.121. The minimum Gasteiger partial charge on any atom is -0.380 e. The summed E-state index contributed by atoms with van der Waals surface area (Å²) in [5, 5.41) is 7.93. The highest BCUT2D eigenvalue weighted by atomic mass is 16.5. The Morgan fingerprint density at radius 1 is 1.62 bits per heavy atom. The summed E-state index contributed by atoms with van der Waals surface area (Å²) in [5.74, 6) is 0. The third-order valence-electron chi connectivity index (χ3n) is 3.23. The van der Waals surface area contributed by atoms with E-state index in [-0.39, 0.29) is 5.54 Å². The van der Waals surface area contributed by atoms with Crippen LogP contribution < -0.4 is 5.32 Å². The molecule has 0 aromatic carbocycles. The van der Waals surface area contributed by atoms with Gasteiger partial charge in [0.25, 0.3) is 0 Å². The normalized spacial score (nSPS) is 25.9. The Bertz CT molecular complexity index is 353. The Kier molecular flexibility index (Phi) is 3.30. The molecular formula is C12H21N3O. The molecule has 1 aromatic heterocycles. The molecule has 1 unspecified atom stereocenters. The van der Waals surface area contributed by atoms with Gasteiger partial charge in [0.2, 0.25) is 0 Å². The van der Waals surface area contributed by atoms with Gasteiger partial charge in [-0.25, -0.2) is 0 Å². The molecule has 2 heterocycles. The molecule has 1 aromatic rings.